The molecule has 1 unspecified atom stereocenters. The number of aromatic nitrogens is 2. The summed E-state index contributed by atoms with van der Waals surface area (Å²) >= 11 is 0. The van der Waals surface area contributed by atoms with Crippen LogP contribution in [0, 0.1) is 0 Å². The highest BCUT2D eigenvalue weighted by molar-refractivity contribution is 5.97. The summed E-state index contributed by atoms with van der Waals surface area (Å²) in [6.45, 7) is 1.000. The number of aromatic amines is 1. The van der Waals surface area contributed by atoms with Gasteiger partial charge in [-0.3, -0.25) is 14.6 Å². The van der Waals surface area contributed by atoms with Crippen LogP contribution in [0.5, 0.6) is 0 Å². The molecule has 22 heavy (non-hydrogen) atoms. The second kappa shape index (κ2) is 4.25. The summed E-state index contributed by atoms with van der Waals surface area (Å²) in [6.07, 6.45) is -3.18. The molecule has 1 atom stereocenters. The number of Topliss-reactive ketones (excluding diaryl/α,β-unsaturated/α-hetero) is 1. The fraction of sp³-hybridized carbons (Fsp3) is 0.400. The molecule has 1 aromatic heterocycles. The van der Waals surface area contributed by atoms with Gasteiger partial charge < -0.3 is 4.74 Å². The molecule has 0 amide bonds. The smallest absolute Gasteiger partial charge is 0.363 e. The van der Waals surface area contributed by atoms with Gasteiger partial charge in [-0.15, -0.1) is 0 Å². The lowest BCUT2D eigenvalue weighted by atomic mass is 9.88. The standard InChI is InChI=1S/C15H13F3N2O2/c16-15(17,18)10-3-1-9(2-4-10)7-20-13-12(19-20)11(21)5-6-14(13)8-22-14/h1-4,19H,5-8H2. The highest BCUT2D eigenvalue weighted by Gasteiger charge is 2.54. The number of hydrogen-bond acceptors (Lipinski definition) is 2. The largest absolute Gasteiger partial charge is 0.416 e. The van der Waals surface area contributed by atoms with Crippen molar-refractivity contribution in [2.75, 3.05) is 6.61 Å². The first-order valence-corrected chi connectivity index (χ1v) is 7.01. The molecule has 0 radical (unpaired) electrons. The fourth-order valence-electron chi connectivity index (χ4n) is 3.02. The van der Waals surface area contributed by atoms with Crippen molar-refractivity contribution in [2.45, 2.75) is 31.2 Å². The van der Waals surface area contributed by atoms with Crippen molar-refractivity contribution in [3.63, 3.8) is 0 Å². The Morgan fingerprint density at radius 3 is 2.55 bits per heavy atom. The molecule has 4 nitrogen and oxygen atoms in total. The van der Waals surface area contributed by atoms with Gasteiger partial charge in [0.05, 0.1) is 24.4 Å². The van der Waals surface area contributed by atoms with Crippen molar-refractivity contribution < 1.29 is 22.7 Å². The van der Waals surface area contributed by atoms with Gasteiger partial charge in [0.2, 0.25) is 0 Å². The Balaban J connectivity index is 1.58. The highest BCUT2D eigenvalue weighted by atomic mass is 19.4. The lowest BCUT2D eigenvalue weighted by Gasteiger charge is -2.30. The van der Waals surface area contributed by atoms with E-state index in [4.69, 9.17) is 4.74 Å². The predicted octanol–water partition coefficient (Wildman–Crippen LogP) is 3.09. The second-order valence-electron chi connectivity index (χ2n) is 5.82. The molecule has 2 aliphatic rings. The Kier molecular flexibility index (Phi) is 2.64. The number of nitrogens with zero attached hydrogens (tertiary/aromatic N) is 1. The number of nitrogens with one attached hydrogen (secondary N) is 1. The zero-order valence-electron chi connectivity index (χ0n) is 11.5. The van der Waals surface area contributed by atoms with Crippen LogP contribution in [0.25, 0.3) is 0 Å². The van der Waals surface area contributed by atoms with Crippen LogP contribution in [-0.2, 0) is 23.1 Å². The van der Waals surface area contributed by atoms with E-state index in [1.807, 2.05) is 0 Å². The van der Waals surface area contributed by atoms with Crippen LogP contribution in [0.1, 0.15) is 40.2 Å². The van der Waals surface area contributed by atoms with E-state index >= 15 is 0 Å². The normalized spacial score (nSPS) is 23.9. The number of ether oxygens (including phenoxy) is 1. The molecule has 0 saturated carbocycles. The molecular formula is C15H13F3N2O2. The topological polar surface area (TPSA) is 50.3 Å². The van der Waals surface area contributed by atoms with E-state index in [9.17, 15) is 18.0 Å². The van der Waals surface area contributed by atoms with Crippen molar-refractivity contribution in [1.29, 1.82) is 0 Å². The third-order valence-corrected chi connectivity index (χ3v) is 4.33. The molecule has 1 aliphatic heterocycles. The van der Waals surface area contributed by atoms with Crippen LogP contribution in [0.2, 0.25) is 0 Å². The number of carbonyl (C=O) groups is 1. The first-order chi connectivity index (χ1) is 10.4. The van der Waals surface area contributed by atoms with Crippen molar-refractivity contribution in [1.82, 2.24) is 9.78 Å². The number of carbonyl (C=O) groups excluding carboxylic acids is 1. The minimum Gasteiger partial charge on any atom is -0.363 e. The number of hydrogen-bond donors (Lipinski definition) is 1. The summed E-state index contributed by atoms with van der Waals surface area (Å²) < 4.78 is 45.0. The molecule has 116 valence electrons. The van der Waals surface area contributed by atoms with Gasteiger partial charge in [0, 0.05) is 6.42 Å². The predicted molar refractivity (Wildman–Crippen MR) is 70.5 cm³/mol. The maximum Gasteiger partial charge on any atom is 0.416 e. The van der Waals surface area contributed by atoms with Gasteiger partial charge in [0.25, 0.3) is 0 Å². The Morgan fingerprint density at radius 1 is 1.27 bits per heavy atom. The molecule has 0 bridgehead atoms. The van der Waals surface area contributed by atoms with E-state index < -0.39 is 11.7 Å². The number of halogens is 3. The van der Waals surface area contributed by atoms with Crippen LogP contribution >= 0.6 is 0 Å². The third-order valence-electron chi connectivity index (χ3n) is 4.33. The lowest BCUT2D eigenvalue weighted by molar-refractivity contribution is -0.137. The number of fused-ring (bicyclic) bond motifs is 2. The first kappa shape index (κ1) is 13.6. The van der Waals surface area contributed by atoms with Gasteiger partial charge in [-0.2, -0.15) is 13.2 Å². The minimum atomic E-state index is -4.33. The number of ketones is 1. The van der Waals surface area contributed by atoms with E-state index in [0.29, 0.717) is 31.7 Å². The maximum atomic E-state index is 12.5. The molecule has 1 spiro atoms. The molecular weight excluding hydrogens is 297 g/mol. The second-order valence-corrected chi connectivity index (χ2v) is 5.82. The highest BCUT2D eigenvalue weighted by Crippen LogP contribution is 2.48. The molecule has 1 aromatic carbocycles. The van der Waals surface area contributed by atoms with Gasteiger partial charge in [0.15, 0.2) is 5.78 Å². The SMILES string of the molecule is O=C1CCC2(CO2)c2c1[nH]n2Cc1ccc(C(F)(F)F)cc1. The number of alkyl halides is 3. The maximum absolute atomic E-state index is 12.5. The summed E-state index contributed by atoms with van der Waals surface area (Å²) in [6, 6.07) is 5.04. The third kappa shape index (κ3) is 1.99. The summed E-state index contributed by atoms with van der Waals surface area (Å²) in [5.41, 5.74) is 1.17. The van der Waals surface area contributed by atoms with Crippen molar-refractivity contribution in [3.8, 4) is 0 Å². The van der Waals surface area contributed by atoms with Crippen LogP contribution in [-0.4, -0.2) is 22.2 Å². The Bertz CT molecular complexity index is 736. The molecule has 4 rings (SSSR count). The summed E-state index contributed by atoms with van der Waals surface area (Å²) in [5.74, 6) is 0.0693. The Labute approximate surface area is 123 Å². The molecule has 7 heteroatoms. The zero-order valence-corrected chi connectivity index (χ0v) is 11.5. The number of benzene rings is 1. The fourth-order valence-corrected chi connectivity index (χ4v) is 3.02. The number of epoxide rings is 1. The van der Waals surface area contributed by atoms with Crippen LogP contribution < -0.4 is 0 Å². The average Bonchev–Trinajstić information content (AvgIpc) is 3.19. The monoisotopic (exact) mass is 310 g/mol. The molecule has 2 aromatic rings. The first-order valence-electron chi connectivity index (χ1n) is 7.01. The summed E-state index contributed by atoms with van der Waals surface area (Å²) in [5, 5.41) is 2.98. The van der Waals surface area contributed by atoms with Crippen molar-refractivity contribution in [2.24, 2.45) is 0 Å². The Morgan fingerprint density at radius 2 is 1.95 bits per heavy atom. The van der Waals surface area contributed by atoms with E-state index in [2.05, 4.69) is 5.10 Å². The van der Waals surface area contributed by atoms with Gasteiger partial charge in [-0.1, -0.05) is 12.1 Å². The lowest BCUT2D eigenvalue weighted by Crippen LogP contribution is -2.35. The zero-order chi connectivity index (χ0) is 15.5. The van der Waals surface area contributed by atoms with Gasteiger partial charge in [-0.05, 0) is 24.1 Å². The van der Waals surface area contributed by atoms with E-state index in [1.165, 1.54) is 12.1 Å². The van der Waals surface area contributed by atoms with E-state index in [-0.39, 0.29) is 11.4 Å². The van der Waals surface area contributed by atoms with Gasteiger partial charge >= 0.3 is 6.18 Å². The van der Waals surface area contributed by atoms with Crippen LogP contribution in [0.3, 0.4) is 0 Å². The molecule has 1 fully saturated rings. The Hall–Kier alpha value is -2.02. The summed E-state index contributed by atoms with van der Waals surface area (Å²) in [4.78, 5) is 11.8. The van der Waals surface area contributed by atoms with E-state index in [0.717, 1.165) is 23.4 Å². The molecule has 2 heterocycles. The number of rotatable bonds is 2. The van der Waals surface area contributed by atoms with Crippen molar-refractivity contribution in [3.05, 3.63) is 46.8 Å². The van der Waals surface area contributed by atoms with E-state index in [1.54, 1.807) is 4.68 Å². The van der Waals surface area contributed by atoms with Crippen LogP contribution in [0.15, 0.2) is 24.3 Å². The van der Waals surface area contributed by atoms with Gasteiger partial charge in [-0.25, -0.2) is 0 Å². The number of H-pyrrole nitrogens is 1. The quantitative estimate of drug-likeness (QED) is 0.867. The minimum absolute atomic E-state index is 0.0693. The summed E-state index contributed by atoms with van der Waals surface area (Å²) in [7, 11) is 0. The van der Waals surface area contributed by atoms with Crippen molar-refractivity contribution >= 4 is 5.78 Å². The average molecular weight is 310 g/mol. The molecule has 1 saturated heterocycles. The van der Waals surface area contributed by atoms with Gasteiger partial charge in [0.1, 0.15) is 11.3 Å². The molecule has 1 N–H and O–H groups in total. The molecule has 1 aliphatic carbocycles. The van der Waals surface area contributed by atoms with Crippen LogP contribution in [0.4, 0.5) is 13.2 Å².